The van der Waals surface area contributed by atoms with Crippen molar-refractivity contribution in [3.8, 4) is 0 Å². The molecule has 0 saturated heterocycles. The van der Waals surface area contributed by atoms with E-state index in [0.29, 0.717) is 12.5 Å². The van der Waals surface area contributed by atoms with Gasteiger partial charge < -0.3 is 5.32 Å². The second-order valence-corrected chi connectivity index (χ2v) is 6.81. The summed E-state index contributed by atoms with van der Waals surface area (Å²) in [5.74, 6) is 0.476. The molecule has 0 fully saturated rings. The molecule has 0 aliphatic rings. The zero-order valence-electron chi connectivity index (χ0n) is 13.1. The monoisotopic (exact) mass is 302 g/mol. The van der Waals surface area contributed by atoms with Gasteiger partial charge in [-0.15, -0.1) is 11.3 Å². The minimum absolute atomic E-state index is 0.0100. The Morgan fingerprint density at radius 3 is 2.43 bits per heavy atom. The second kappa shape index (κ2) is 6.85. The summed E-state index contributed by atoms with van der Waals surface area (Å²) in [7, 11) is 0. The Hall–Kier alpha value is -1.68. The van der Waals surface area contributed by atoms with E-state index in [2.05, 4.69) is 24.1 Å². The Morgan fingerprint density at radius 2 is 1.90 bits per heavy atom. The van der Waals surface area contributed by atoms with Crippen molar-refractivity contribution in [3.05, 3.63) is 51.0 Å². The number of hydrogen-bond acceptors (Lipinski definition) is 3. The molecule has 0 atom stereocenters. The standard InChI is InChI=1S/C17H22N2OS/c1-11(2)14-5-7-15(8-6-14)17(20)18-10-9-16-12(3)19-13(4)21-16/h5-8,11H,9-10H2,1-4H3,(H,18,20). The van der Waals surface area contributed by atoms with Crippen molar-refractivity contribution in [3.63, 3.8) is 0 Å². The molecule has 1 aromatic heterocycles. The first-order chi connectivity index (χ1) is 9.97. The summed E-state index contributed by atoms with van der Waals surface area (Å²) in [5.41, 5.74) is 3.05. The van der Waals surface area contributed by atoms with Gasteiger partial charge in [0, 0.05) is 23.4 Å². The predicted octanol–water partition coefficient (Wildman–Crippen LogP) is 3.86. The maximum absolute atomic E-state index is 12.1. The molecule has 0 unspecified atom stereocenters. The molecule has 21 heavy (non-hydrogen) atoms. The number of benzene rings is 1. The van der Waals surface area contributed by atoms with Crippen LogP contribution < -0.4 is 5.32 Å². The zero-order chi connectivity index (χ0) is 15.4. The molecule has 0 saturated carbocycles. The first kappa shape index (κ1) is 15.7. The molecule has 112 valence electrons. The number of carbonyl (C=O) groups excluding carboxylic acids is 1. The average molecular weight is 302 g/mol. The highest BCUT2D eigenvalue weighted by atomic mass is 32.1. The van der Waals surface area contributed by atoms with Crippen molar-refractivity contribution in [1.29, 1.82) is 0 Å². The number of nitrogens with zero attached hydrogens (tertiary/aromatic N) is 1. The van der Waals surface area contributed by atoms with Gasteiger partial charge in [-0.05, 0) is 37.5 Å². The fraction of sp³-hybridized carbons (Fsp3) is 0.412. The van der Waals surface area contributed by atoms with E-state index in [4.69, 9.17) is 0 Å². The van der Waals surface area contributed by atoms with Crippen molar-refractivity contribution in [2.75, 3.05) is 6.54 Å². The molecule has 1 heterocycles. The maximum atomic E-state index is 12.1. The second-order valence-electron chi connectivity index (χ2n) is 5.52. The van der Waals surface area contributed by atoms with Crippen LogP contribution in [0.1, 0.15) is 51.3 Å². The van der Waals surface area contributed by atoms with Crippen LogP contribution in [-0.4, -0.2) is 17.4 Å². The van der Waals surface area contributed by atoms with Crippen LogP contribution in [0.4, 0.5) is 0 Å². The minimum atomic E-state index is -0.0100. The largest absolute Gasteiger partial charge is 0.352 e. The average Bonchev–Trinajstić information content (AvgIpc) is 2.77. The molecule has 0 aliphatic carbocycles. The lowest BCUT2D eigenvalue weighted by atomic mass is 10.0. The van der Waals surface area contributed by atoms with E-state index in [-0.39, 0.29) is 5.91 Å². The predicted molar refractivity (Wildman–Crippen MR) is 88.2 cm³/mol. The van der Waals surface area contributed by atoms with E-state index >= 15 is 0 Å². The molecule has 0 aliphatic heterocycles. The van der Waals surface area contributed by atoms with Crippen molar-refractivity contribution in [2.45, 2.75) is 40.0 Å². The quantitative estimate of drug-likeness (QED) is 0.911. The van der Waals surface area contributed by atoms with Crippen LogP contribution in [-0.2, 0) is 6.42 Å². The van der Waals surface area contributed by atoms with E-state index in [9.17, 15) is 4.79 Å². The Labute approximate surface area is 130 Å². The van der Waals surface area contributed by atoms with Crippen molar-refractivity contribution >= 4 is 17.2 Å². The van der Waals surface area contributed by atoms with Gasteiger partial charge in [0.15, 0.2) is 0 Å². The van der Waals surface area contributed by atoms with Crippen LogP contribution in [0.15, 0.2) is 24.3 Å². The number of amides is 1. The van der Waals surface area contributed by atoms with E-state index in [1.165, 1.54) is 10.4 Å². The lowest BCUT2D eigenvalue weighted by Crippen LogP contribution is -2.25. The summed E-state index contributed by atoms with van der Waals surface area (Å²) in [4.78, 5) is 17.7. The summed E-state index contributed by atoms with van der Waals surface area (Å²) in [5, 5.41) is 4.05. The summed E-state index contributed by atoms with van der Waals surface area (Å²) in [6.45, 7) is 8.97. The molecule has 2 aromatic rings. The van der Waals surface area contributed by atoms with Gasteiger partial charge in [0.2, 0.25) is 0 Å². The Balaban J connectivity index is 1.88. The van der Waals surface area contributed by atoms with Crippen molar-refractivity contribution < 1.29 is 4.79 Å². The van der Waals surface area contributed by atoms with Crippen LogP contribution in [0.3, 0.4) is 0 Å². The third kappa shape index (κ3) is 4.14. The van der Waals surface area contributed by atoms with Gasteiger partial charge in [-0.1, -0.05) is 26.0 Å². The number of thiazole rings is 1. The van der Waals surface area contributed by atoms with Gasteiger partial charge in [0.05, 0.1) is 10.7 Å². The van der Waals surface area contributed by atoms with Gasteiger partial charge in [-0.2, -0.15) is 0 Å². The van der Waals surface area contributed by atoms with Gasteiger partial charge in [0.25, 0.3) is 5.91 Å². The molecule has 1 amide bonds. The van der Waals surface area contributed by atoms with Gasteiger partial charge in [-0.25, -0.2) is 4.98 Å². The molecular weight excluding hydrogens is 280 g/mol. The molecule has 3 nitrogen and oxygen atoms in total. The van der Waals surface area contributed by atoms with Gasteiger partial charge in [-0.3, -0.25) is 4.79 Å². The summed E-state index contributed by atoms with van der Waals surface area (Å²) in [6.07, 6.45) is 0.840. The fourth-order valence-corrected chi connectivity index (χ4v) is 3.15. The third-order valence-corrected chi connectivity index (χ3v) is 4.61. The Kier molecular flexibility index (Phi) is 5.12. The smallest absolute Gasteiger partial charge is 0.251 e. The van der Waals surface area contributed by atoms with Gasteiger partial charge in [0.1, 0.15) is 0 Å². The fourth-order valence-electron chi connectivity index (χ4n) is 2.22. The molecule has 0 radical (unpaired) electrons. The topological polar surface area (TPSA) is 42.0 Å². The lowest BCUT2D eigenvalue weighted by Gasteiger charge is -2.07. The summed E-state index contributed by atoms with van der Waals surface area (Å²) in [6, 6.07) is 7.84. The van der Waals surface area contributed by atoms with Crippen LogP contribution in [0, 0.1) is 13.8 Å². The Bertz CT molecular complexity index is 614. The molecular formula is C17H22N2OS. The maximum Gasteiger partial charge on any atom is 0.251 e. The first-order valence-corrected chi connectivity index (χ1v) is 8.10. The molecule has 1 aromatic carbocycles. The van der Waals surface area contributed by atoms with E-state index in [1.54, 1.807) is 11.3 Å². The van der Waals surface area contributed by atoms with Crippen LogP contribution in [0.25, 0.3) is 0 Å². The van der Waals surface area contributed by atoms with Crippen molar-refractivity contribution in [1.82, 2.24) is 10.3 Å². The van der Waals surface area contributed by atoms with E-state index in [1.807, 2.05) is 38.1 Å². The van der Waals surface area contributed by atoms with Crippen molar-refractivity contribution in [2.24, 2.45) is 0 Å². The number of aryl methyl sites for hydroxylation is 2. The number of aromatic nitrogens is 1. The molecule has 0 spiro atoms. The SMILES string of the molecule is Cc1nc(C)c(CCNC(=O)c2ccc(C(C)C)cc2)s1. The number of hydrogen-bond donors (Lipinski definition) is 1. The van der Waals surface area contributed by atoms with E-state index in [0.717, 1.165) is 22.7 Å². The normalized spacial score (nSPS) is 10.9. The minimum Gasteiger partial charge on any atom is -0.352 e. The van der Waals surface area contributed by atoms with Crippen LogP contribution in [0.2, 0.25) is 0 Å². The molecule has 2 rings (SSSR count). The number of carbonyl (C=O) groups is 1. The van der Waals surface area contributed by atoms with Crippen LogP contribution >= 0.6 is 11.3 Å². The summed E-state index contributed by atoms with van der Waals surface area (Å²) < 4.78 is 0. The lowest BCUT2D eigenvalue weighted by molar-refractivity contribution is 0.0954. The third-order valence-electron chi connectivity index (χ3n) is 3.48. The number of nitrogens with one attached hydrogen (secondary N) is 1. The first-order valence-electron chi connectivity index (χ1n) is 7.28. The van der Waals surface area contributed by atoms with Crippen LogP contribution in [0.5, 0.6) is 0 Å². The van der Waals surface area contributed by atoms with E-state index < -0.39 is 0 Å². The number of rotatable bonds is 5. The Morgan fingerprint density at radius 1 is 1.24 bits per heavy atom. The summed E-state index contributed by atoms with van der Waals surface area (Å²) >= 11 is 1.70. The highest BCUT2D eigenvalue weighted by molar-refractivity contribution is 7.11. The molecule has 0 bridgehead atoms. The zero-order valence-corrected chi connectivity index (χ0v) is 13.9. The molecule has 4 heteroatoms. The molecule has 1 N–H and O–H groups in total. The highest BCUT2D eigenvalue weighted by Crippen LogP contribution is 2.17. The highest BCUT2D eigenvalue weighted by Gasteiger charge is 2.08. The van der Waals surface area contributed by atoms with Gasteiger partial charge >= 0.3 is 0 Å².